The van der Waals surface area contributed by atoms with Crippen molar-refractivity contribution in [2.24, 2.45) is 0 Å². The predicted molar refractivity (Wildman–Crippen MR) is 76.2 cm³/mol. The molecule has 2 rings (SSSR count). The lowest BCUT2D eigenvalue weighted by molar-refractivity contribution is -0.384. The fourth-order valence-corrected chi connectivity index (χ4v) is 1.51. The summed E-state index contributed by atoms with van der Waals surface area (Å²) >= 11 is 0. The van der Waals surface area contributed by atoms with Crippen LogP contribution in [0.5, 0.6) is 0 Å². The summed E-state index contributed by atoms with van der Waals surface area (Å²) in [6, 6.07) is 6.35. The van der Waals surface area contributed by atoms with Gasteiger partial charge < -0.3 is 4.90 Å². The van der Waals surface area contributed by atoms with Crippen molar-refractivity contribution in [1.82, 2.24) is 15.0 Å². The van der Waals surface area contributed by atoms with Crippen LogP contribution in [0, 0.1) is 10.1 Å². The predicted octanol–water partition coefficient (Wildman–Crippen LogP) is 2.02. The Labute approximate surface area is 115 Å². The van der Waals surface area contributed by atoms with E-state index in [-0.39, 0.29) is 5.69 Å². The summed E-state index contributed by atoms with van der Waals surface area (Å²) in [5.74, 6) is 1.05. The van der Waals surface area contributed by atoms with Crippen molar-refractivity contribution in [3.05, 3.63) is 52.1 Å². The molecule has 0 atom stereocenters. The number of benzene rings is 1. The molecule has 1 aromatic carbocycles. The third-order valence-corrected chi connectivity index (χ3v) is 2.48. The number of nitrogens with zero attached hydrogens (tertiary/aromatic N) is 5. The third-order valence-electron chi connectivity index (χ3n) is 2.48. The molecule has 0 aliphatic rings. The maximum atomic E-state index is 10.7. The van der Waals surface area contributed by atoms with Gasteiger partial charge in [-0.15, -0.1) is 0 Å². The van der Waals surface area contributed by atoms with E-state index in [1.807, 2.05) is 14.1 Å². The number of hydrogen-bond donors (Lipinski definition) is 0. The molecule has 0 bridgehead atoms. The highest BCUT2D eigenvalue weighted by Gasteiger charge is 2.04. The standard InChI is InChI=1S/C13H13N5O2/c1-17(2)13-15-9-14-12(16-13)7-6-10-4-3-5-11(8-10)18(19)20/h3-9H,1-2H3. The molecule has 102 valence electrons. The molecule has 1 heterocycles. The Morgan fingerprint density at radius 3 is 2.75 bits per heavy atom. The lowest BCUT2D eigenvalue weighted by Crippen LogP contribution is -2.13. The number of nitro groups is 1. The number of rotatable bonds is 4. The van der Waals surface area contributed by atoms with Crippen LogP contribution in [0.25, 0.3) is 12.2 Å². The average molecular weight is 271 g/mol. The van der Waals surface area contributed by atoms with Gasteiger partial charge in [-0.1, -0.05) is 18.2 Å². The highest BCUT2D eigenvalue weighted by Crippen LogP contribution is 2.15. The zero-order valence-electron chi connectivity index (χ0n) is 11.1. The van der Waals surface area contributed by atoms with Crippen LogP contribution in [-0.2, 0) is 0 Å². The smallest absolute Gasteiger partial charge is 0.270 e. The van der Waals surface area contributed by atoms with E-state index >= 15 is 0 Å². The molecule has 0 unspecified atom stereocenters. The Bertz CT molecular complexity index is 655. The maximum Gasteiger partial charge on any atom is 0.270 e. The van der Waals surface area contributed by atoms with Crippen LogP contribution < -0.4 is 4.90 Å². The minimum Gasteiger partial charge on any atom is -0.347 e. The zero-order chi connectivity index (χ0) is 14.5. The molecule has 0 fully saturated rings. The molecule has 0 saturated heterocycles. The topological polar surface area (TPSA) is 85.0 Å². The largest absolute Gasteiger partial charge is 0.347 e. The lowest BCUT2D eigenvalue weighted by atomic mass is 10.2. The van der Waals surface area contributed by atoms with Crippen LogP contribution in [0.1, 0.15) is 11.4 Å². The van der Waals surface area contributed by atoms with Crippen molar-refractivity contribution in [1.29, 1.82) is 0 Å². The third kappa shape index (κ3) is 3.35. The quantitative estimate of drug-likeness (QED) is 0.624. The summed E-state index contributed by atoms with van der Waals surface area (Å²) in [5.41, 5.74) is 0.766. The Hall–Kier alpha value is -2.83. The minimum atomic E-state index is -0.426. The SMILES string of the molecule is CN(C)c1ncnc(C=Cc2cccc([N+](=O)[O-])c2)n1. The van der Waals surface area contributed by atoms with Gasteiger partial charge in [0, 0.05) is 26.2 Å². The lowest BCUT2D eigenvalue weighted by Gasteiger charge is -2.08. The highest BCUT2D eigenvalue weighted by molar-refractivity contribution is 5.68. The van der Waals surface area contributed by atoms with Crippen LogP contribution >= 0.6 is 0 Å². The molecule has 0 radical (unpaired) electrons. The van der Waals surface area contributed by atoms with Crippen molar-refractivity contribution in [3.63, 3.8) is 0 Å². The number of nitro benzene ring substituents is 1. The number of hydrogen-bond acceptors (Lipinski definition) is 6. The Morgan fingerprint density at radius 2 is 2.05 bits per heavy atom. The molecular formula is C13H13N5O2. The molecule has 0 spiro atoms. The molecule has 0 amide bonds. The van der Waals surface area contributed by atoms with Gasteiger partial charge in [0.05, 0.1) is 4.92 Å². The normalized spacial score (nSPS) is 10.7. The summed E-state index contributed by atoms with van der Waals surface area (Å²) in [4.78, 5) is 24.3. The molecule has 0 aliphatic carbocycles. The summed E-state index contributed by atoms with van der Waals surface area (Å²) in [5, 5.41) is 10.7. The first kappa shape index (κ1) is 13.6. The average Bonchev–Trinajstić information content (AvgIpc) is 2.45. The van der Waals surface area contributed by atoms with Crippen LogP contribution in [-0.4, -0.2) is 34.0 Å². The molecule has 2 aromatic rings. The van der Waals surface area contributed by atoms with Gasteiger partial charge in [-0.3, -0.25) is 10.1 Å². The molecule has 0 saturated carbocycles. The second-order valence-electron chi connectivity index (χ2n) is 4.22. The first-order valence-electron chi connectivity index (χ1n) is 5.85. The van der Waals surface area contributed by atoms with E-state index in [1.54, 1.807) is 29.2 Å². The summed E-state index contributed by atoms with van der Waals surface area (Å²) < 4.78 is 0. The van der Waals surface area contributed by atoms with Crippen molar-refractivity contribution < 1.29 is 4.92 Å². The van der Waals surface area contributed by atoms with Gasteiger partial charge in [0.1, 0.15) is 6.33 Å². The van der Waals surface area contributed by atoms with Crippen LogP contribution in [0.15, 0.2) is 30.6 Å². The van der Waals surface area contributed by atoms with E-state index < -0.39 is 4.92 Å². The molecule has 1 aromatic heterocycles. The fraction of sp³-hybridized carbons (Fsp3) is 0.154. The molecule has 0 N–H and O–H groups in total. The Morgan fingerprint density at radius 1 is 1.25 bits per heavy atom. The minimum absolute atomic E-state index is 0.0526. The monoisotopic (exact) mass is 271 g/mol. The van der Waals surface area contributed by atoms with Crippen molar-refractivity contribution in [2.75, 3.05) is 19.0 Å². The van der Waals surface area contributed by atoms with Crippen molar-refractivity contribution in [3.8, 4) is 0 Å². The van der Waals surface area contributed by atoms with E-state index in [4.69, 9.17) is 0 Å². The first-order chi connectivity index (χ1) is 9.56. The fourth-order valence-electron chi connectivity index (χ4n) is 1.51. The van der Waals surface area contributed by atoms with Crippen LogP contribution in [0.2, 0.25) is 0 Å². The van der Waals surface area contributed by atoms with Gasteiger partial charge in [0.2, 0.25) is 5.95 Å². The van der Waals surface area contributed by atoms with Gasteiger partial charge in [0.25, 0.3) is 5.69 Å². The van der Waals surface area contributed by atoms with Gasteiger partial charge in [-0.2, -0.15) is 4.98 Å². The Balaban J connectivity index is 2.23. The van der Waals surface area contributed by atoms with Gasteiger partial charge in [-0.25, -0.2) is 9.97 Å². The first-order valence-corrected chi connectivity index (χ1v) is 5.85. The van der Waals surface area contributed by atoms with Crippen LogP contribution in [0.4, 0.5) is 11.6 Å². The highest BCUT2D eigenvalue weighted by atomic mass is 16.6. The second-order valence-corrected chi connectivity index (χ2v) is 4.22. The van der Waals surface area contributed by atoms with Gasteiger partial charge in [0.15, 0.2) is 5.82 Å². The van der Waals surface area contributed by atoms with Gasteiger partial charge in [-0.05, 0) is 11.6 Å². The molecule has 7 nitrogen and oxygen atoms in total. The molecular weight excluding hydrogens is 258 g/mol. The van der Waals surface area contributed by atoms with Gasteiger partial charge >= 0.3 is 0 Å². The van der Waals surface area contributed by atoms with E-state index in [0.29, 0.717) is 17.3 Å². The number of non-ortho nitro benzene ring substituents is 1. The van der Waals surface area contributed by atoms with Crippen LogP contribution in [0.3, 0.4) is 0 Å². The second kappa shape index (κ2) is 5.87. The number of anilines is 1. The maximum absolute atomic E-state index is 10.7. The summed E-state index contributed by atoms with van der Waals surface area (Å²) in [6.07, 6.45) is 4.84. The summed E-state index contributed by atoms with van der Waals surface area (Å²) in [6.45, 7) is 0. The van der Waals surface area contributed by atoms with Crippen molar-refractivity contribution >= 4 is 23.8 Å². The molecule has 0 aliphatic heterocycles. The van der Waals surface area contributed by atoms with E-state index in [1.165, 1.54) is 18.5 Å². The van der Waals surface area contributed by atoms with E-state index in [0.717, 1.165) is 0 Å². The summed E-state index contributed by atoms with van der Waals surface area (Å²) in [7, 11) is 3.67. The molecule has 20 heavy (non-hydrogen) atoms. The van der Waals surface area contributed by atoms with E-state index in [9.17, 15) is 10.1 Å². The Kier molecular flexibility index (Phi) is 3.99. The number of aromatic nitrogens is 3. The zero-order valence-corrected chi connectivity index (χ0v) is 11.1. The van der Waals surface area contributed by atoms with Crippen molar-refractivity contribution in [2.45, 2.75) is 0 Å². The molecule has 7 heteroatoms. The van der Waals surface area contributed by atoms with E-state index in [2.05, 4.69) is 15.0 Å².